The maximum Gasteiger partial charge on any atom is 0.374 e. The minimum Gasteiger partial charge on any atom is -0.487 e. The van der Waals surface area contributed by atoms with Crippen LogP contribution in [0.2, 0.25) is 0 Å². The summed E-state index contributed by atoms with van der Waals surface area (Å²) in [4.78, 5) is 24.4. The molecule has 1 aromatic carbocycles. The summed E-state index contributed by atoms with van der Waals surface area (Å²) in [5, 5.41) is 0.467. The van der Waals surface area contributed by atoms with E-state index in [0.29, 0.717) is 11.0 Å². The molecule has 0 amide bonds. The van der Waals surface area contributed by atoms with Gasteiger partial charge < -0.3 is 13.9 Å². The number of carbonyl (C=O) groups excluding carboxylic acids is 1. The number of benzene rings is 1. The average Bonchev–Trinajstić information content (AvgIpc) is 2.48. The first-order valence-corrected chi connectivity index (χ1v) is 8.21. The number of fused-ring (bicyclic) bond motifs is 2. The van der Waals surface area contributed by atoms with Gasteiger partial charge in [0.25, 0.3) is 0 Å². The largest absolute Gasteiger partial charge is 0.487 e. The molecule has 0 radical (unpaired) electrons. The predicted molar refractivity (Wildman–Crippen MR) is 90.9 cm³/mol. The predicted octanol–water partition coefficient (Wildman–Crippen LogP) is 3.94. The Balaban J connectivity index is 2.26. The first-order chi connectivity index (χ1) is 11.2. The highest BCUT2D eigenvalue weighted by molar-refractivity contribution is 5.90. The van der Waals surface area contributed by atoms with Crippen LogP contribution in [-0.4, -0.2) is 18.2 Å². The summed E-state index contributed by atoms with van der Waals surface area (Å²) in [6, 6.07) is 3.03. The van der Waals surface area contributed by atoms with Crippen LogP contribution in [0.15, 0.2) is 21.3 Å². The molecule has 1 aliphatic rings. The molecule has 2 heterocycles. The Hall–Kier alpha value is -2.30. The Morgan fingerprint density at radius 3 is 2.75 bits per heavy atom. The van der Waals surface area contributed by atoms with Crippen LogP contribution in [0, 0.1) is 6.92 Å². The van der Waals surface area contributed by atoms with Gasteiger partial charge in [0.1, 0.15) is 16.9 Å². The SMILES string of the molecule is CCOC(=O)c1cc(=O)c2cc3c(c(C)c2o1)OC(C)(C)CC3C. The molecule has 5 nitrogen and oxygen atoms in total. The zero-order chi connectivity index (χ0) is 17.6. The van der Waals surface area contributed by atoms with Gasteiger partial charge >= 0.3 is 5.97 Å². The topological polar surface area (TPSA) is 65.7 Å². The fraction of sp³-hybridized carbons (Fsp3) is 0.474. The van der Waals surface area contributed by atoms with E-state index >= 15 is 0 Å². The quantitative estimate of drug-likeness (QED) is 0.780. The zero-order valence-corrected chi connectivity index (χ0v) is 14.7. The number of esters is 1. The molecule has 128 valence electrons. The Morgan fingerprint density at radius 1 is 1.38 bits per heavy atom. The highest BCUT2D eigenvalue weighted by Gasteiger charge is 2.34. The summed E-state index contributed by atoms with van der Waals surface area (Å²) >= 11 is 0. The third-order valence-corrected chi connectivity index (χ3v) is 4.41. The molecule has 0 spiro atoms. The van der Waals surface area contributed by atoms with Gasteiger partial charge in [-0.05, 0) is 51.7 Å². The van der Waals surface area contributed by atoms with E-state index in [1.165, 1.54) is 6.07 Å². The molecule has 0 fully saturated rings. The third-order valence-electron chi connectivity index (χ3n) is 4.41. The van der Waals surface area contributed by atoms with Crippen molar-refractivity contribution in [1.29, 1.82) is 0 Å². The smallest absolute Gasteiger partial charge is 0.374 e. The fourth-order valence-corrected chi connectivity index (χ4v) is 3.43. The van der Waals surface area contributed by atoms with Crippen molar-refractivity contribution in [2.45, 2.75) is 52.6 Å². The van der Waals surface area contributed by atoms with Gasteiger partial charge in [-0.25, -0.2) is 4.79 Å². The highest BCUT2D eigenvalue weighted by atomic mass is 16.5. The first kappa shape index (κ1) is 16.6. The molecule has 24 heavy (non-hydrogen) atoms. The standard InChI is InChI=1S/C19H22O5/c1-6-22-18(21)15-8-14(20)13-7-12-10(2)9-19(4,5)24-17(12)11(3)16(13)23-15/h7-8,10H,6,9H2,1-5H3. The number of carbonyl (C=O) groups is 1. The lowest BCUT2D eigenvalue weighted by Crippen LogP contribution is -2.34. The molecule has 3 rings (SSSR count). The number of ether oxygens (including phenoxy) is 2. The van der Waals surface area contributed by atoms with Crippen molar-refractivity contribution >= 4 is 16.9 Å². The summed E-state index contributed by atoms with van der Waals surface area (Å²) in [6.45, 7) is 9.99. The van der Waals surface area contributed by atoms with Crippen molar-refractivity contribution in [2.24, 2.45) is 0 Å². The molecule has 5 heteroatoms. The second-order valence-corrected chi connectivity index (χ2v) is 6.96. The van der Waals surface area contributed by atoms with E-state index in [1.54, 1.807) is 6.92 Å². The van der Waals surface area contributed by atoms with E-state index in [4.69, 9.17) is 13.9 Å². The van der Waals surface area contributed by atoms with Crippen LogP contribution in [0.5, 0.6) is 5.75 Å². The lowest BCUT2D eigenvalue weighted by atomic mass is 9.84. The Labute approximate surface area is 140 Å². The Kier molecular flexibility index (Phi) is 3.90. The van der Waals surface area contributed by atoms with E-state index in [0.717, 1.165) is 23.3 Å². The van der Waals surface area contributed by atoms with Crippen LogP contribution < -0.4 is 10.2 Å². The fourth-order valence-electron chi connectivity index (χ4n) is 3.43. The number of hydrogen-bond donors (Lipinski definition) is 0. The molecule has 0 saturated carbocycles. The van der Waals surface area contributed by atoms with Gasteiger partial charge in [-0.3, -0.25) is 4.79 Å². The summed E-state index contributed by atoms with van der Waals surface area (Å²) in [5.74, 6) is 0.301. The van der Waals surface area contributed by atoms with Crippen molar-refractivity contribution in [3.63, 3.8) is 0 Å². The molecule has 0 aliphatic carbocycles. The van der Waals surface area contributed by atoms with E-state index in [9.17, 15) is 9.59 Å². The van der Waals surface area contributed by atoms with Gasteiger partial charge in [0.2, 0.25) is 5.76 Å². The normalized spacial score (nSPS) is 18.8. The van der Waals surface area contributed by atoms with Gasteiger partial charge in [-0.2, -0.15) is 0 Å². The monoisotopic (exact) mass is 330 g/mol. The molecule has 2 aromatic rings. The minimum absolute atomic E-state index is 0.0829. The van der Waals surface area contributed by atoms with Crippen molar-refractivity contribution < 1.29 is 18.7 Å². The summed E-state index contributed by atoms with van der Waals surface area (Å²) in [7, 11) is 0. The second kappa shape index (κ2) is 5.65. The molecule has 1 unspecified atom stereocenters. The van der Waals surface area contributed by atoms with Gasteiger partial charge in [0, 0.05) is 11.6 Å². The molecule has 1 aliphatic heterocycles. The van der Waals surface area contributed by atoms with Crippen molar-refractivity contribution in [1.82, 2.24) is 0 Å². The molecule has 1 atom stereocenters. The first-order valence-electron chi connectivity index (χ1n) is 8.21. The number of rotatable bonds is 2. The van der Waals surface area contributed by atoms with Crippen LogP contribution in [0.1, 0.15) is 61.7 Å². The molecule has 0 N–H and O–H groups in total. The molecular weight excluding hydrogens is 308 g/mol. The van der Waals surface area contributed by atoms with Gasteiger partial charge in [-0.15, -0.1) is 0 Å². The van der Waals surface area contributed by atoms with Crippen molar-refractivity contribution in [3.05, 3.63) is 39.2 Å². The van der Waals surface area contributed by atoms with Crippen molar-refractivity contribution in [3.8, 4) is 5.75 Å². The molecule has 1 aromatic heterocycles. The van der Waals surface area contributed by atoms with Gasteiger partial charge in [0.15, 0.2) is 5.43 Å². The number of aryl methyl sites for hydroxylation is 1. The van der Waals surface area contributed by atoms with Crippen LogP contribution in [0.4, 0.5) is 0 Å². The maximum absolute atomic E-state index is 12.5. The molecular formula is C19H22O5. The molecule has 0 saturated heterocycles. The minimum atomic E-state index is -0.636. The van der Waals surface area contributed by atoms with Crippen molar-refractivity contribution in [2.75, 3.05) is 6.61 Å². The Bertz CT molecular complexity index is 875. The summed E-state index contributed by atoms with van der Waals surface area (Å²) < 4.78 is 16.8. The van der Waals surface area contributed by atoms with Crippen LogP contribution in [0.3, 0.4) is 0 Å². The van der Waals surface area contributed by atoms with Crippen LogP contribution in [-0.2, 0) is 4.74 Å². The summed E-state index contributed by atoms with van der Waals surface area (Å²) in [6.07, 6.45) is 0.872. The van der Waals surface area contributed by atoms with E-state index in [1.807, 2.05) is 26.8 Å². The third kappa shape index (κ3) is 2.68. The lowest BCUT2D eigenvalue weighted by Gasteiger charge is -2.37. The molecule has 0 bridgehead atoms. The van der Waals surface area contributed by atoms with E-state index in [2.05, 4.69) is 6.92 Å². The van der Waals surface area contributed by atoms with Gasteiger partial charge in [0.05, 0.1) is 12.0 Å². The highest BCUT2D eigenvalue weighted by Crippen LogP contribution is 2.44. The average molecular weight is 330 g/mol. The zero-order valence-electron chi connectivity index (χ0n) is 14.7. The van der Waals surface area contributed by atoms with Crippen LogP contribution >= 0.6 is 0 Å². The Morgan fingerprint density at radius 2 is 2.08 bits per heavy atom. The summed E-state index contributed by atoms with van der Waals surface area (Å²) in [5.41, 5.74) is 1.60. The lowest BCUT2D eigenvalue weighted by molar-refractivity contribution is 0.0489. The van der Waals surface area contributed by atoms with E-state index in [-0.39, 0.29) is 29.3 Å². The number of hydrogen-bond acceptors (Lipinski definition) is 5. The van der Waals surface area contributed by atoms with E-state index < -0.39 is 5.97 Å². The second-order valence-electron chi connectivity index (χ2n) is 6.96. The van der Waals surface area contributed by atoms with Gasteiger partial charge in [-0.1, -0.05) is 6.92 Å². The maximum atomic E-state index is 12.5. The van der Waals surface area contributed by atoms with Crippen LogP contribution in [0.25, 0.3) is 11.0 Å².